The van der Waals surface area contributed by atoms with Gasteiger partial charge in [0.15, 0.2) is 11.5 Å². The van der Waals surface area contributed by atoms with Crippen LogP contribution in [0, 0.1) is 0 Å². The lowest BCUT2D eigenvalue weighted by atomic mass is 10.1. The number of anilines is 1. The molecule has 0 saturated heterocycles. The lowest BCUT2D eigenvalue weighted by Crippen LogP contribution is -2.40. The van der Waals surface area contributed by atoms with E-state index in [0.717, 1.165) is 0 Å². The maximum Gasteiger partial charge on any atom is 0.255 e. The molecule has 0 atom stereocenters. The van der Waals surface area contributed by atoms with Gasteiger partial charge in [0.1, 0.15) is 13.2 Å². The summed E-state index contributed by atoms with van der Waals surface area (Å²) in [6.45, 7) is 6.21. The highest BCUT2D eigenvalue weighted by Crippen LogP contribution is 2.38. The molecule has 0 radical (unpaired) electrons. The molecular weight excluding hydrogens is 448 g/mol. The van der Waals surface area contributed by atoms with Gasteiger partial charge in [0.2, 0.25) is 10.0 Å². The number of halogens is 1. The van der Waals surface area contributed by atoms with Crippen molar-refractivity contribution >= 4 is 37.5 Å². The van der Waals surface area contributed by atoms with E-state index >= 15 is 0 Å². The third-order valence-electron chi connectivity index (χ3n) is 3.75. The molecule has 0 unspecified atom stereocenters. The van der Waals surface area contributed by atoms with Crippen LogP contribution in [-0.2, 0) is 10.0 Å². The number of fused-ring (bicyclic) bond motifs is 1. The van der Waals surface area contributed by atoms with Gasteiger partial charge in [-0.05, 0) is 61.0 Å². The van der Waals surface area contributed by atoms with E-state index in [4.69, 9.17) is 9.47 Å². The van der Waals surface area contributed by atoms with E-state index in [1.807, 2.05) is 0 Å². The van der Waals surface area contributed by atoms with Crippen LogP contribution in [0.1, 0.15) is 31.1 Å². The Bertz CT molecular complexity index is 998. The molecule has 1 aliphatic rings. The molecule has 0 saturated carbocycles. The summed E-state index contributed by atoms with van der Waals surface area (Å²) in [5.41, 5.74) is 0.260. The van der Waals surface area contributed by atoms with Gasteiger partial charge in [0.25, 0.3) is 5.91 Å². The van der Waals surface area contributed by atoms with Gasteiger partial charge in [-0.2, -0.15) is 0 Å². The van der Waals surface area contributed by atoms with Crippen molar-refractivity contribution in [2.45, 2.75) is 31.2 Å². The van der Waals surface area contributed by atoms with Crippen molar-refractivity contribution < 1.29 is 22.7 Å². The van der Waals surface area contributed by atoms with Gasteiger partial charge < -0.3 is 14.8 Å². The van der Waals surface area contributed by atoms with Crippen molar-refractivity contribution in [3.63, 3.8) is 0 Å². The number of sulfonamides is 1. The summed E-state index contributed by atoms with van der Waals surface area (Å²) < 4.78 is 39.0. The first-order valence-electron chi connectivity index (χ1n) is 8.60. The van der Waals surface area contributed by atoms with Crippen LogP contribution >= 0.6 is 15.9 Å². The third kappa shape index (κ3) is 4.84. The normalized spacial score (nSPS) is 13.9. The Morgan fingerprint density at radius 1 is 1.04 bits per heavy atom. The number of nitrogens with one attached hydrogen (secondary N) is 2. The molecule has 2 aromatic carbocycles. The van der Waals surface area contributed by atoms with Crippen LogP contribution in [-0.4, -0.2) is 33.1 Å². The van der Waals surface area contributed by atoms with Gasteiger partial charge in [-0.15, -0.1) is 0 Å². The molecule has 0 aliphatic carbocycles. The second kappa shape index (κ2) is 7.73. The number of carbonyl (C=O) groups is 1. The number of amides is 1. The average molecular weight is 469 g/mol. The molecule has 2 N–H and O–H groups in total. The van der Waals surface area contributed by atoms with Crippen LogP contribution in [0.15, 0.2) is 45.8 Å². The molecule has 1 aliphatic heterocycles. The molecule has 2 aromatic rings. The SMILES string of the molecule is CC(C)(C)NS(=O)(=O)c1ccc(C(=O)Nc2cc3c(cc2Br)OCCO3)cc1. The first-order valence-corrected chi connectivity index (χ1v) is 10.9. The number of carbonyl (C=O) groups excluding carboxylic acids is 1. The second-order valence-corrected chi connectivity index (χ2v) is 9.85. The van der Waals surface area contributed by atoms with Gasteiger partial charge >= 0.3 is 0 Å². The zero-order chi connectivity index (χ0) is 20.5. The molecule has 1 amide bonds. The Labute approximate surface area is 172 Å². The predicted molar refractivity (Wildman–Crippen MR) is 110 cm³/mol. The fraction of sp³-hybridized carbons (Fsp3) is 0.316. The van der Waals surface area contributed by atoms with E-state index in [1.165, 1.54) is 24.3 Å². The van der Waals surface area contributed by atoms with Crippen LogP contribution in [0.25, 0.3) is 0 Å². The van der Waals surface area contributed by atoms with Crippen LogP contribution in [0.3, 0.4) is 0 Å². The Morgan fingerprint density at radius 3 is 2.18 bits per heavy atom. The average Bonchev–Trinajstić information content (AvgIpc) is 2.60. The number of hydrogen-bond donors (Lipinski definition) is 2. The molecule has 0 aromatic heterocycles. The van der Waals surface area contributed by atoms with Crippen molar-refractivity contribution in [2.24, 2.45) is 0 Å². The van der Waals surface area contributed by atoms with Crippen LogP contribution in [0.4, 0.5) is 5.69 Å². The lowest BCUT2D eigenvalue weighted by Gasteiger charge is -2.20. The van der Waals surface area contributed by atoms with Crippen LogP contribution < -0.4 is 19.5 Å². The molecule has 7 nitrogen and oxygen atoms in total. The largest absolute Gasteiger partial charge is 0.486 e. The molecular formula is C19H21BrN2O5S. The van der Waals surface area contributed by atoms with Gasteiger partial charge in [-0.1, -0.05) is 0 Å². The number of hydrogen-bond acceptors (Lipinski definition) is 5. The van der Waals surface area contributed by atoms with Crippen molar-refractivity contribution in [1.29, 1.82) is 0 Å². The summed E-state index contributed by atoms with van der Waals surface area (Å²) in [7, 11) is -3.66. The summed E-state index contributed by atoms with van der Waals surface area (Å²) in [6, 6.07) is 9.17. The third-order valence-corrected chi connectivity index (χ3v) is 6.18. The van der Waals surface area contributed by atoms with Crippen LogP contribution in [0.2, 0.25) is 0 Å². The van der Waals surface area contributed by atoms with Crippen molar-refractivity contribution in [3.05, 3.63) is 46.4 Å². The molecule has 28 heavy (non-hydrogen) atoms. The van der Waals surface area contributed by atoms with E-state index < -0.39 is 15.6 Å². The fourth-order valence-corrected chi connectivity index (χ4v) is 4.44. The maximum absolute atomic E-state index is 12.6. The quantitative estimate of drug-likeness (QED) is 0.715. The molecule has 0 bridgehead atoms. The van der Waals surface area contributed by atoms with E-state index in [9.17, 15) is 13.2 Å². The maximum atomic E-state index is 12.6. The van der Waals surface area contributed by atoms with Crippen molar-refractivity contribution in [2.75, 3.05) is 18.5 Å². The summed E-state index contributed by atoms with van der Waals surface area (Å²) in [6.07, 6.45) is 0. The van der Waals surface area contributed by atoms with Crippen molar-refractivity contribution in [1.82, 2.24) is 4.72 Å². The molecule has 9 heteroatoms. The number of rotatable bonds is 4. The molecule has 1 heterocycles. The van der Waals surface area contributed by atoms with Gasteiger partial charge in [-0.25, -0.2) is 13.1 Å². The summed E-state index contributed by atoms with van der Waals surface area (Å²) in [5, 5.41) is 2.79. The summed E-state index contributed by atoms with van der Waals surface area (Å²) in [5.74, 6) is 0.793. The van der Waals surface area contributed by atoms with Crippen molar-refractivity contribution in [3.8, 4) is 11.5 Å². The van der Waals surface area contributed by atoms with Gasteiger partial charge in [0.05, 0.1) is 10.6 Å². The van der Waals surface area contributed by atoms with E-state index in [-0.39, 0.29) is 10.8 Å². The molecule has 150 valence electrons. The summed E-state index contributed by atoms with van der Waals surface area (Å²) in [4.78, 5) is 12.7. The minimum atomic E-state index is -3.66. The topological polar surface area (TPSA) is 93.7 Å². The Morgan fingerprint density at radius 2 is 1.61 bits per heavy atom. The van der Waals surface area contributed by atoms with E-state index in [0.29, 0.717) is 40.4 Å². The monoisotopic (exact) mass is 468 g/mol. The standard InChI is InChI=1S/C19H21BrN2O5S/c1-19(2,3)22-28(24,25)13-6-4-12(5-7-13)18(23)21-15-11-17-16(10-14(15)20)26-8-9-27-17/h4-7,10-11,22H,8-9H2,1-3H3,(H,21,23). The highest BCUT2D eigenvalue weighted by Gasteiger charge is 2.22. The minimum Gasteiger partial charge on any atom is -0.486 e. The van der Waals surface area contributed by atoms with E-state index in [1.54, 1.807) is 32.9 Å². The minimum absolute atomic E-state index is 0.0967. The number of benzene rings is 2. The second-order valence-electron chi connectivity index (χ2n) is 7.31. The lowest BCUT2D eigenvalue weighted by molar-refractivity contribution is 0.102. The fourth-order valence-electron chi connectivity index (χ4n) is 2.60. The molecule has 3 rings (SSSR count). The predicted octanol–water partition coefficient (Wildman–Crippen LogP) is 3.55. The Kier molecular flexibility index (Phi) is 5.69. The molecule has 0 spiro atoms. The zero-order valence-electron chi connectivity index (χ0n) is 15.7. The smallest absolute Gasteiger partial charge is 0.255 e. The highest BCUT2D eigenvalue weighted by molar-refractivity contribution is 9.10. The first kappa shape index (κ1) is 20.6. The Balaban J connectivity index is 1.77. The first-order chi connectivity index (χ1) is 13.0. The highest BCUT2D eigenvalue weighted by atomic mass is 79.9. The Hall–Kier alpha value is -2.10. The van der Waals surface area contributed by atoms with Gasteiger partial charge in [-0.3, -0.25) is 4.79 Å². The van der Waals surface area contributed by atoms with Crippen LogP contribution in [0.5, 0.6) is 11.5 Å². The molecule has 0 fully saturated rings. The zero-order valence-corrected chi connectivity index (χ0v) is 18.1. The van der Waals surface area contributed by atoms with E-state index in [2.05, 4.69) is 26.0 Å². The van der Waals surface area contributed by atoms with Gasteiger partial charge in [0, 0.05) is 27.7 Å². The number of ether oxygens (including phenoxy) is 2. The summed E-state index contributed by atoms with van der Waals surface area (Å²) >= 11 is 3.40.